The number of hydrogen-bond donors (Lipinski definition) is 3. The van der Waals surface area contributed by atoms with Crippen LogP contribution in [0.2, 0.25) is 0 Å². The summed E-state index contributed by atoms with van der Waals surface area (Å²) in [7, 11) is 0. The van der Waals surface area contributed by atoms with Gasteiger partial charge in [-0.2, -0.15) is 11.3 Å². The zero-order chi connectivity index (χ0) is 13.7. The number of nitrogens with one attached hydrogen (secondary N) is 2. The third kappa shape index (κ3) is 3.47. The second-order valence-electron chi connectivity index (χ2n) is 4.96. The monoisotopic (exact) mass is 282 g/mol. The molecular formula is C13H18N2O3S. The predicted octanol–water partition coefficient (Wildman–Crippen LogP) is 2.19. The number of thiophene rings is 1. The van der Waals surface area contributed by atoms with Crippen molar-refractivity contribution in [3.05, 3.63) is 22.4 Å². The van der Waals surface area contributed by atoms with E-state index < -0.39 is 11.4 Å². The standard InChI is InChI=1S/C13H18N2O3S/c16-11(17)13(4-1-2-5-13)9-15-12(18)14-7-10-3-6-19-8-10/h3,6,8H,1-2,4-5,7,9H2,(H,16,17)(H2,14,15,18). The number of amides is 2. The summed E-state index contributed by atoms with van der Waals surface area (Å²) in [4.78, 5) is 23.0. The van der Waals surface area contributed by atoms with Crippen LogP contribution >= 0.6 is 11.3 Å². The first-order valence-corrected chi connectivity index (χ1v) is 7.33. The van der Waals surface area contributed by atoms with Crippen LogP contribution in [0.1, 0.15) is 31.2 Å². The number of hydrogen-bond acceptors (Lipinski definition) is 3. The molecule has 0 aliphatic heterocycles. The Labute approximate surface area is 116 Å². The van der Waals surface area contributed by atoms with E-state index in [1.807, 2.05) is 16.8 Å². The maximum absolute atomic E-state index is 11.6. The fraction of sp³-hybridized carbons (Fsp3) is 0.538. The van der Waals surface area contributed by atoms with Gasteiger partial charge in [0.1, 0.15) is 0 Å². The molecule has 1 aromatic rings. The van der Waals surface area contributed by atoms with Crippen LogP contribution in [-0.4, -0.2) is 23.7 Å². The molecule has 0 aromatic carbocycles. The molecule has 3 N–H and O–H groups in total. The van der Waals surface area contributed by atoms with E-state index in [2.05, 4.69) is 10.6 Å². The molecule has 104 valence electrons. The van der Waals surface area contributed by atoms with Crippen LogP contribution < -0.4 is 10.6 Å². The molecule has 1 fully saturated rings. The summed E-state index contributed by atoms with van der Waals surface area (Å²) in [6, 6.07) is 1.64. The van der Waals surface area contributed by atoms with E-state index in [1.54, 1.807) is 11.3 Å². The molecule has 1 aliphatic carbocycles. The molecule has 0 saturated heterocycles. The van der Waals surface area contributed by atoms with Crippen molar-refractivity contribution in [2.45, 2.75) is 32.2 Å². The molecule has 5 nitrogen and oxygen atoms in total. The summed E-state index contributed by atoms with van der Waals surface area (Å²) in [6.07, 6.45) is 3.13. The lowest BCUT2D eigenvalue weighted by Gasteiger charge is -2.23. The minimum absolute atomic E-state index is 0.206. The minimum atomic E-state index is -0.803. The second-order valence-corrected chi connectivity index (χ2v) is 5.74. The van der Waals surface area contributed by atoms with E-state index in [4.69, 9.17) is 0 Å². The number of carbonyl (C=O) groups is 2. The zero-order valence-electron chi connectivity index (χ0n) is 10.6. The van der Waals surface area contributed by atoms with E-state index in [-0.39, 0.29) is 12.6 Å². The van der Waals surface area contributed by atoms with Crippen molar-refractivity contribution in [1.82, 2.24) is 10.6 Å². The third-order valence-electron chi connectivity index (χ3n) is 3.63. The molecule has 2 rings (SSSR count). The van der Waals surface area contributed by atoms with E-state index in [0.717, 1.165) is 18.4 Å². The highest BCUT2D eigenvalue weighted by Gasteiger charge is 2.41. The van der Waals surface area contributed by atoms with Gasteiger partial charge in [-0.15, -0.1) is 0 Å². The summed E-state index contributed by atoms with van der Waals surface area (Å²) >= 11 is 1.58. The first-order valence-electron chi connectivity index (χ1n) is 6.39. The fourth-order valence-corrected chi connectivity index (χ4v) is 3.07. The highest BCUT2D eigenvalue weighted by Crippen LogP contribution is 2.37. The van der Waals surface area contributed by atoms with Crippen LogP contribution in [0.15, 0.2) is 16.8 Å². The molecular weight excluding hydrogens is 264 g/mol. The largest absolute Gasteiger partial charge is 0.481 e. The SMILES string of the molecule is O=C(NCc1ccsc1)NCC1(C(=O)O)CCCC1. The van der Waals surface area contributed by atoms with E-state index in [0.29, 0.717) is 19.4 Å². The van der Waals surface area contributed by atoms with E-state index in [9.17, 15) is 14.7 Å². The van der Waals surface area contributed by atoms with Crippen molar-refractivity contribution in [3.8, 4) is 0 Å². The van der Waals surface area contributed by atoms with Crippen molar-refractivity contribution < 1.29 is 14.7 Å². The lowest BCUT2D eigenvalue weighted by Crippen LogP contribution is -2.44. The van der Waals surface area contributed by atoms with Crippen LogP contribution in [0, 0.1) is 5.41 Å². The Morgan fingerprint density at radius 1 is 1.32 bits per heavy atom. The Morgan fingerprint density at radius 2 is 2.05 bits per heavy atom. The molecule has 0 atom stereocenters. The Kier molecular flexibility index (Phi) is 4.42. The minimum Gasteiger partial charge on any atom is -0.481 e. The number of urea groups is 1. The second kappa shape index (κ2) is 6.06. The summed E-state index contributed by atoms with van der Waals surface area (Å²) in [6.45, 7) is 0.674. The van der Waals surface area contributed by atoms with Crippen molar-refractivity contribution in [1.29, 1.82) is 0 Å². The Bertz CT molecular complexity index is 439. The molecule has 1 heterocycles. The average Bonchev–Trinajstić information content (AvgIpc) is 3.05. The quantitative estimate of drug-likeness (QED) is 0.774. The lowest BCUT2D eigenvalue weighted by atomic mass is 9.86. The van der Waals surface area contributed by atoms with E-state index >= 15 is 0 Å². The van der Waals surface area contributed by atoms with Crippen molar-refractivity contribution in [2.24, 2.45) is 5.41 Å². The maximum atomic E-state index is 11.6. The van der Waals surface area contributed by atoms with Gasteiger partial charge < -0.3 is 15.7 Å². The van der Waals surface area contributed by atoms with Crippen molar-refractivity contribution in [2.75, 3.05) is 6.54 Å². The van der Waals surface area contributed by atoms with Gasteiger partial charge in [0, 0.05) is 13.1 Å². The Balaban J connectivity index is 1.77. The van der Waals surface area contributed by atoms with Gasteiger partial charge in [-0.05, 0) is 35.2 Å². The van der Waals surface area contributed by atoms with Gasteiger partial charge in [-0.25, -0.2) is 4.79 Å². The van der Waals surface area contributed by atoms with Gasteiger partial charge in [0.25, 0.3) is 0 Å². The zero-order valence-corrected chi connectivity index (χ0v) is 11.5. The first kappa shape index (κ1) is 13.9. The molecule has 1 saturated carbocycles. The summed E-state index contributed by atoms with van der Waals surface area (Å²) in [5.41, 5.74) is 0.286. The number of rotatable bonds is 5. The molecule has 6 heteroatoms. The van der Waals surface area contributed by atoms with Gasteiger partial charge in [0.2, 0.25) is 0 Å². The van der Waals surface area contributed by atoms with Crippen LogP contribution in [0.3, 0.4) is 0 Å². The smallest absolute Gasteiger partial charge is 0.315 e. The number of carboxylic acids is 1. The predicted molar refractivity (Wildman–Crippen MR) is 73.1 cm³/mol. The normalized spacial score (nSPS) is 17.1. The van der Waals surface area contributed by atoms with Gasteiger partial charge in [-0.1, -0.05) is 12.8 Å². The van der Waals surface area contributed by atoms with Gasteiger partial charge >= 0.3 is 12.0 Å². The van der Waals surface area contributed by atoms with Crippen molar-refractivity contribution >= 4 is 23.3 Å². The molecule has 2 amide bonds. The molecule has 0 bridgehead atoms. The Hall–Kier alpha value is -1.56. The molecule has 0 spiro atoms. The van der Waals surface area contributed by atoms with Gasteiger partial charge in [0.05, 0.1) is 5.41 Å². The fourth-order valence-electron chi connectivity index (χ4n) is 2.41. The third-order valence-corrected chi connectivity index (χ3v) is 4.37. The topological polar surface area (TPSA) is 78.4 Å². The van der Waals surface area contributed by atoms with E-state index in [1.165, 1.54) is 0 Å². The first-order chi connectivity index (χ1) is 9.12. The summed E-state index contributed by atoms with van der Waals surface area (Å²) < 4.78 is 0. The van der Waals surface area contributed by atoms with Crippen LogP contribution in [-0.2, 0) is 11.3 Å². The average molecular weight is 282 g/mol. The molecule has 0 radical (unpaired) electrons. The van der Waals surface area contributed by atoms with Gasteiger partial charge in [0.15, 0.2) is 0 Å². The molecule has 1 aliphatic rings. The molecule has 19 heavy (non-hydrogen) atoms. The maximum Gasteiger partial charge on any atom is 0.315 e. The van der Waals surface area contributed by atoms with Crippen LogP contribution in [0.25, 0.3) is 0 Å². The van der Waals surface area contributed by atoms with Gasteiger partial charge in [-0.3, -0.25) is 4.79 Å². The summed E-state index contributed by atoms with van der Waals surface area (Å²) in [5, 5.41) is 18.6. The highest BCUT2D eigenvalue weighted by molar-refractivity contribution is 7.07. The number of carbonyl (C=O) groups excluding carboxylic acids is 1. The molecule has 0 unspecified atom stereocenters. The molecule has 1 aromatic heterocycles. The number of aliphatic carboxylic acids is 1. The van der Waals surface area contributed by atoms with Crippen molar-refractivity contribution in [3.63, 3.8) is 0 Å². The van der Waals surface area contributed by atoms with Crippen LogP contribution in [0.4, 0.5) is 4.79 Å². The lowest BCUT2D eigenvalue weighted by molar-refractivity contribution is -0.148. The number of carboxylic acid groups (broad SMARTS) is 1. The van der Waals surface area contributed by atoms with Crippen LogP contribution in [0.5, 0.6) is 0 Å². The highest BCUT2D eigenvalue weighted by atomic mass is 32.1. The Morgan fingerprint density at radius 3 is 2.63 bits per heavy atom. The summed E-state index contributed by atoms with van der Waals surface area (Å²) in [5.74, 6) is -0.803.